The minimum atomic E-state index is -0.824. The second-order valence-electron chi connectivity index (χ2n) is 6.19. The van der Waals surface area contributed by atoms with E-state index < -0.39 is 23.7 Å². The summed E-state index contributed by atoms with van der Waals surface area (Å²) < 4.78 is 15.4. The van der Waals surface area contributed by atoms with Gasteiger partial charge in [0, 0.05) is 18.1 Å². The average molecular weight is 358 g/mol. The van der Waals surface area contributed by atoms with Crippen LogP contribution in [0.5, 0.6) is 0 Å². The van der Waals surface area contributed by atoms with Gasteiger partial charge in [0.25, 0.3) is 0 Å². The number of rotatable bonds is 7. The molecule has 0 spiro atoms. The van der Waals surface area contributed by atoms with Crippen LogP contribution >= 0.6 is 11.6 Å². The van der Waals surface area contributed by atoms with Gasteiger partial charge in [-0.1, -0.05) is 23.7 Å². The first-order valence-corrected chi connectivity index (χ1v) is 7.98. The van der Waals surface area contributed by atoms with Gasteiger partial charge < -0.3 is 19.5 Å². The maximum atomic E-state index is 11.8. The predicted octanol–water partition coefficient (Wildman–Crippen LogP) is 3.31. The Morgan fingerprint density at radius 2 is 1.83 bits per heavy atom. The fourth-order valence-electron chi connectivity index (χ4n) is 1.81. The molecule has 0 heterocycles. The Hall–Kier alpha value is -1.79. The Balaban J connectivity index is 2.44. The van der Waals surface area contributed by atoms with Crippen LogP contribution in [0.4, 0.5) is 4.79 Å². The zero-order valence-electron chi connectivity index (χ0n) is 14.4. The molecule has 0 unspecified atom stereocenters. The molecule has 0 fully saturated rings. The van der Waals surface area contributed by atoms with Crippen molar-refractivity contribution in [3.05, 3.63) is 34.9 Å². The lowest BCUT2D eigenvalue weighted by molar-refractivity contribution is -0.143. The molecule has 7 heteroatoms. The molecule has 0 aromatic heterocycles. The third-order valence-electron chi connectivity index (χ3n) is 2.91. The lowest BCUT2D eigenvalue weighted by Gasteiger charge is -2.22. The van der Waals surface area contributed by atoms with Crippen LogP contribution in [-0.2, 0) is 25.6 Å². The number of carbonyl (C=O) groups excluding carboxylic acids is 2. The summed E-state index contributed by atoms with van der Waals surface area (Å²) in [5.74, 6) is -0.545. The fraction of sp³-hybridized carbons (Fsp3) is 0.529. The van der Waals surface area contributed by atoms with Crippen LogP contribution < -0.4 is 5.32 Å². The van der Waals surface area contributed by atoms with Crippen molar-refractivity contribution in [1.82, 2.24) is 5.32 Å². The monoisotopic (exact) mass is 357 g/mol. The topological polar surface area (TPSA) is 73.9 Å². The van der Waals surface area contributed by atoms with Crippen molar-refractivity contribution in [2.24, 2.45) is 0 Å². The number of nitrogens with one attached hydrogen (secondary N) is 1. The number of esters is 1. The highest BCUT2D eigenvalue weighted by atomic mass is 35.5. The van der Waals surface area contributed by atoms with Crippen molar-refractivity contribution in [3.8, 4) is 0 Å². The number of hydrogen-bond donors (Lipinski definition) is 1. The van der Waals surface area contributed by atoms with Crippen LogP contribution in [-0.4, -0.2) is 37.4 Å². The standard InChI is InChI=1S/C17H24ClNO5/c1-17(2,3)24-16(21)19-14(15(20)22-4)9-10-23-11-12-5-7-13(18)8-6-12/h5-8,14H,9-11H2,1-4H3,(H,19,21)/t14-/m0/s1. The van der Waals surface area contributed by atoms with Crippen molar-refractivity contribution in [2.75, 3.05) is 13.7 Å². The van der Waals surface area contributed by atoms with Crippen LogP contribution in [0.1, 0.15) is 32.8 Å². The average Bonchev–Trinajstić information content (AvgIpc) is 2.49. The van der Waals surface area contributed by atoms with Crippen molar-refractivity contribution in [2.45, 2.75) is 45.4 Å². The van der Waals surface area contributed by atoms with Crippen molar-refractivity contribution >= 4 is 23.7 Å². The molecule has 0 aliphatic heterocycles. The first-order chi connectivity index (χ1) is 11.2. The summed E-state index contributed by atoms with van der Waals surface area (Å²) in [6.07, 6.45) is -0.393. The van der Waals surface area contributed by atoms with E-state index >= 15 is 0 Å². The van der Waals surface area contributed by atoms with Gasteiger partial charge in [0.15, 0.2) is 0 Å². The van der Waals surface area contributed by atoms with Gasteiger partial charge >= 0.3 is 12.1 Å². The van der Waals surface area contributed by atoms with Gasteiger partial charge in [0.2, 0.25) is 0 Å². The van der Waals surface area contributed by atoms with Crippen LogP contribution in [0.25, 0.3) is 0 Å². The van der Waals surface area contributed by atoms with Gasteiger partial charge in [-0.15, -0.1) is 0 Å². The van der Waals surface area contributed by atoms with Crippen molar-refractivity contribution in [1.29, 1.82) is 0 Å². The number of methoxy groups -OCH3 is 1. The Labute approximate surface area is 147 Å². The third-order valence-corrected chi connectivity index (χ3v) is 3.16. The van der Waals surface area contributed by atoms with E-state index in [2.05, 4.69) is 5.32 Å². The number of benzene rings is 1. The van der Waals surface area contributed by atoms with Gasteiger partial charge in [-0.25, -0.2) is 9.59 Å². The molecule has 0 bridgehead atoms. The lowest BCUT2D eigenvalue weighted by atomic mass is 10.2. The molecule has 0 saturated heterocycles. The summed E-state index contributed by atoms with van der Waals surface area (Å²) in [5, 5.41) is 3.16. The number of alkyl carbamates (subject to hydrolysis) is 1. The molecule has 0 saturated carbocycles. The van der Waals surface area contributed by atoms with E-state index in [1.54, 1.807) is 32.9 Å². The summed E-state index contributed by atoms with van der Waals surface area (Å²) >= 11 is 5.82. The van der Waals surface area contributed by atoms with Crippen LogP contribution in [0, 0.1) is 0 Å². The molecule has 6 nitrogen and oxygen atoms in total. The summed E-state index contributed by atoms with van der Waals surface area (Å²) in [4.78, 5) is 23.5. The third kappa shape index (κ3) is 8.17. The Morgan fingerprint density at radius 1 is 1.21 bits per heavy atom. The van der Waals surface area contributed by atoms with E-state index in [1.807, 2.05) is 12.1 Å². The molecular weight excluding hydrogens is 334 g/mol. The zero-order valence-corrected chi connectivity index (χ0v) is 15.2. The molecule has 134 valence electrons. The number of carbonyl (C=O) groups is 2. The first-order valence-electron chi connectivity index (χ1n) is 7.61. The Morgan fingerprint density at radius 3 is 2.38 bits per heavy atom. The highest BCUT2D eigenvalue weighted by molar-refractivity contribution is 6.30. The summed E-state index contributed by atoms with van der Waals surface area (Å²) in [7, 11) is 1.26. The summed E-state index contributed by atoms with van der Waals surface area (Å²) in [5.41, 5.74) is 0.324. The van der Waals surface area contributed by atoms with Gasteiger partial charge in [0.05, 0.1) is 13.7 Å². The van der Waals surface area contributed by atoms with Gasteiger partial charge in [-0.3, -0.25) is 0 Å². The van der Waals surface area contributed by atoms with E-state index in [0.717, 1.165) is 5.56 Å². The van der Waals surface area contributed by atoms with E-state index in [9.17, 15) is 9.59 Å². The summed E-state index contributed by atoms with van der Waals surface area (Å²) in [6, 6.07) is 6.46. The fourth-order valence-corrected chi connectivity index (χ4v) is 1.94. The molecular formula is C17H24ClNO5. The van der Waals surface area contributed by atoms with Gasteiger partial charge in [-0.2, -0.15) is 0 Å². The number of ether oxygens (including phenoxy) is 3. The molecule has 1 atom stereocenters. The largest absolute Gasteiger partial charge is 0.467 e. The zero-order chi connectivity index (χ0) is 18.2. The number of halogens is 1. The number of amides is 1. The second-order valence-corrected chi connectivity index (χ2v) is 6.63. The summed E-state index contributed by atoms with van der Waals surface area (Å²) in [6.45, 7) is 5.90. The van der Waals surface area contributed by atoms with E-state index in [-0.39, 0.29) is 13.0 Å². The van der Waals surface area contributed by atoms with Crippen molar-refractivity contribution in [3.63, 3.8) is 0 Å². The van der Waals surface area contributed by atoms with Crippen LogP contribution in [0.3, 0.4) is 0 Å². The van der Waals surface area contributed by atoms with Crippen LogP contribution in [0.15, 0.2) is 24.3 Å². The number of hydrogen-bond acceptors (Lipinski definition) is 5. The van der Waals surface area contributed by atoms with E-state index in [4.69, 9.17) is 25.8 Å². The molecule has 1 amide bonds. The normalized spacial score (nSPS) is 12.4. The van der Waals surface area contributed by atoms with Crippen LogP contribution in [0.2, 0.25) is 5.02 Å². The molecule has 1 rings (SSSR count). The highest BCUT2D eigenvalue weighted by Crippen LogP contribution is 2.11. The maximum absolute atomic E-state index is 11.8. The molecule has 0 aliphatic rings. The lowest BCUT2D eigenvalue weighted by Crippen LogP contribution is -2.44. The van der Waals surface area contributed by atoms with Gasteiger partial charge in [0.1, 0.15) is 11.6 Å². The minimum absolute atomic E-state index is 0.276. The molecule has 24 heavy (non-hydrogen) atoms. The Bertz CT molecular complexity index is 539. The molecule has 1 aromatic rings. The minimum Gasteiger partial charge on any atom is -0.467 e. The quantitative estimate of drug-likeness (QED) is 0.598. The smallest absolute Gasteiger partial charge is 0.408 e. The highest BCUT2D eigenvalue weighted by Gasteiger charge is 2.24. The van der Waals surface area contributed by atoms with Gasteiger partial charge in [-0.05, 0) is 38.5 Å². The SMILES string of the molecule is COC(=O)[C@H](CCOCc1ccc(Cl)cc1)NC(=O)OC(C)(C)C. The Kier molecular flexibility index (Phi) is 8.01. The van der Waals surface area contributed by atoms with E-state index in [0.29, 0.717) is 11.6 Å². The second kappa shape index (κ2) is 9.49. The van der Waals surface area contributed by atoms with Crippen molar-refractivity contribution < 1.29 is 23.8 Å². The molecule has 1 N–H and O–H groups in total. The molecule has 1 aromatic carbocycles. The molecule has 0 radical (unpaired) electrons. The maximum Gasteiger partial charge on any atom is 0.408 e. The first kappa shape index (κ1) is 20.3. The van der Waals surface area contributed by atoms with E-state index in [1.165, 1.54) is 7.11 Å². The predicted molar refractivity (Wildman–Crippen MR) is 90.9 cm³/mol. The molecule has 0 aliphatic carbocycles.